The highest BCUT2D eigenvalue weighted by atomic mass is 16.2. The van der Waals surface area contributed by atoms with E-state index in [-0.39, 0.29) is 11.8 Å². The molecule has 0 radical (unpaired) electrons. The minimum Gasteiger partial charge on any atom is -0.367 e. The van der Waals surface area contributed by atoms with Crippen molar-refractivity contribution < 1.29 is 9.59 Å². The number of anilines is 2. The van der Waals surface area contributed by atoms with Crippen molar-refractivity contribution in [2.45, 2.75) is 33.4 Å². The van der Waals surface area contributed by atoms with Gasteiger partial charge in [-0.1, -0.05) is 42.5 Å². The van der Waals surface area contributed by atoms with Crippen molar-refractivity contribution in [1.82, 2.24) is 4.90 Å². The van der Waals surface area contributed by atoms with Crippen molar-refractivity contribution in [3.8, 4) is 0 Å². The summed E-state index contributed by atoms with van der Waals surface area (Å²) < 4.78 is 0. The Morgan fingerprint density at radius 1 is 0.969 bits per heavy atom. The molecule has 1 aliphatic rings. The average Bonchev–Trinajstić information content (AvgIpc) is 2.82. The van der Waals surface area contributed by atoms with Crippen molar-refractivity contribution in [2.24, 2.45) is 0 Å². The van der Waals surface area contributed by atoms with E-state index in [0.717, 1.165) is 36.4 Å². The van der Waals surface area contributed by atoms with Crippen molar-refractivity contribution in [3.63, 3.8) is 0 Å². The van der Waals surface area contributed by atoms with E-state index >= 15 is 0 Å². The van der Waals surface area contributed by atoms with Gasteiger partial charge in [0.2, 0.25) is 5.91 Å². The first-order valence-electron chi connectivity index (χ1n) is 11.1. The van der Waals surface area contributed by atoms with Gasteiger partial charge in [-0.05, 0) is 60.4 Å². The molecule has 0 aromatic heterocycles. The maximum absolute atomic E-state index is 13.2. The lowest BCUT2D eigenvalue weighted by Gasteiger charge is -2.30. The maximum atomic E-state index is 13.2. The first kappa shape index (κ1) is 21.6. The monoisotopic (exact) mass is 427 g/mol. The predicted molar refractivity (Wildman–Crippen MR) is 129 cm³/mol. The van der Waals surface area contributed by atoms with Crippen LogP contribution in [0.2, 0.25) is 0 Å². The Balaban J connectivity index is 1.48. The van der Waals surface area contributed by atoms with E-state index in [0.29, 0.717) is 18.7 Å². The summed E-state index contributed by atoms with van der Waals surface area (Å²) in [7, 11) is 0. The van der Waals surface area contributed by atoms with Crippen molar-refractivity contribution in [1.29, 1.82) is 0 Å². The molecule has 5 heteroatoms. The molecule has 0 atom stereocenters. The van der Waals surface area contributed by atoms with E-state index in [1.165, 1.54) is 18.1 Å². The molecule has 1 N–H and O–H groups in total. The summed E-state index contributed by atoms with van der Waals surface area (Å²) in [5, 5.41) is 2.90. The van der Waals surface area contributed by atoms with E-state index in [1.54, 1.807) is 0 Å². The van der Waals surface area contributed by atoms with Gasteiger partial charge in [0.25, 0.3) is 5.91 Å². The molecule has 0 saturated carbocycles. The second-order valence-corrected chi connectivity index (χ2v) is 8.15. The normalized spacial score (nSPS) is 12.8. The lowest BCUT2D eigenvalue weighted by atomic mass is 9.97. The van der Waals surface area contributed by atoms with Crippen LogP contribution in [-0.2, 0) is 24.3 Å². The fraction of sp³-hybridized carbons (Fsp3) is 0.259. The molecule has 0 unspecified atom stereocenters. The molecule has 164 valence electrons. The molecule has 0 bridgehead atoms. The first-order valence-corrected chi connectivity index (χ1v) is 11.1. The largest absolute Gasteiger partial charge is 0.367 e. The molecular formula is C27H29N3O2. The Hall–Kier alpha value is -3.60. The Morgan fingerprint density at radius 2 is 1.72 bits per heavy atom. The number of hydrogen-bond acceptors (Lipinski definition) is 3. The van der Waals surface area contributed by atoms with Gasteiger partial charge in [0.15, 0.2) is 0 Å². The smallest absolute Gasteiger partial charge is 0.254 e. The van der Waals surface area contributed by atoms with Crippen LogP contribution < -0.4 is 10.2 Å². The van der Waals surface area contributed by atoms with Gasteiger partial charge in [0.1, 0.15) is 0 Å². The molecule has 3 aromatic carbocycles. The fourth-order valence-corrected chi connectivity index (χ4v) is 4.25. The second kappa shape index (κ2) is 9.69. The third-order valence-electron chi connectivity index (χ3n) is 5.95. The van der Waals surface area contributed by atoms with Crippen LogP contribution in [0.3, 0.4) is 0 Å². The Labute approximate surface area is 189 Å². The van der Waals surface area contributed by atoms with E-state index < -0.39 is 0 Å². The Kier molecular flexibility index (Phi) is 6.55. The molecule has 1 heterocycles. The number of benzene rings is 3. The summed E-state index contributed by atoms with van der Waals surface area (Å²) in [6.07, 6.45) is 0.785. The summed E-state index contributed by atoms with van der Waals surface area (Å²) in [5.41, 5.74) is 6.06. The van der Waals surface area contributed by atoms with Crippen LogP contribution >= 0.6 is 0 Å². The summed E-state index contributed by atoms with van der Waals surface area (Å²) >= 11 is 0. The molecular weight excluding hydrogens is 398 g/mol. The molecule has 0 aliphatic carbocycles. The van der Waals surface area contributed by atoms with Crippen LogP contribution in [0.4, 0.5) is 11.4 Å². The number of amides is 2. The third-order valence-corrected chi connectivity index (χ3v) is 5.95. The summed E-state index contributed by atoms with van der Waals surface area (Å²) in [4.78, 5) is 28.9. The average molecular weight is 428 g/mol. The highest BCUT2D eigenvalue weighted by molar-refractivity contribution is 5.95. The second-order valence-electron chi connectivity index (χ2n) is 8.15. The van der Waals surface area contributed by atoms with Gasteiger partial charge in [-0.15, -0.1) is 0 Å². The number of fused-ring (bicyclic) bond motifs is 1. The van der Waals surface area contributed by atoms with Crippen LogP contribution in [0.15, 0.2) is 72.8 Å². The summed E-state index contributed by atoms with van der Waals surface area (Å²) in [6, 6.07) is 24.2. The van der Waals surface area contributed by atoms with E-state index in [1.807, 2.05) is 47.4 Å². The van der Waals surface area contributed by atoms with Crippen molar-refractivity contribution >= 4 is 23.2 Å². The fourth-order valence-electron chi connectivity index (χ4n) is 4.25. The number of carbonyl (C=O) groups excluding carboxylic acids is 2. The van der Waals surface area contributed by atoms with Crippen molar-refractivity contribution in [3.05, 3.63) is 95.1 Å². The number of nitrogens with one attached hydrogen (secondary N) is 1. The van der Waals surface area contributed by atoms with Gasteiger partial charge in [-0.25, -0.2) is 0 Å². The SMILES string of the molecule is CCN(Cc1ccccc1)c1ccc(C(=O)N2CCc3cccc(NC(C)=O)c3C2)cc1. The summed E-state index contributed by atoms with van der Waals surface area (Å²) in [6.45, 7) is 6.54. The zero-order valence-electron chi connectivity index (χ0n) is 18.7. The van der Waals surface area contributed by atoms with Gasteiger partial charge < -0.3 is 15.1 Å². The van der Waals surface area contributed by atoms with Crippen LogP contribution in [0.5, 0.6) is 0 Å². The zero-order chi connectivity index (χ0) is 22.5. The minimum absolute atomic E-state index is 0.0194. The predicted octanol–water partition coefficient (Wildman–Crippen LogP) is 4.87. The van der Waals surface area contributed by atoms with Crippen LogP contribution in [0.1, 0.15) is 40.9 Å². The van der Waals surface area contributed by atoms with Crippen LogP contribution in [-0.4, -0.2) is 29.8 Å². The van der Waals surface area contributed by atoms with E-state index in [9.17, 15) is 9.59 Å². The topological polar surface area (TPSA) is 52.7 Å². The Morgan fingerprint density at radius 3 is 2.41 bits per heavy atom. The van der Waals surface area contributed by atoms with Crippen molar-refractivity contribution in [2.75, 3.05) is 23.3 Å². The zero-order valence-corrected chi connectivity index (χ0v) is 18.7. The molecule has 32 heavy (non-hydrogen) atoms. The van der Waals surface area contributed by atoms with Gasteiger partial charge in [0, 0.05) is 50.0 Å². The van der Waals surface area contributed by atoms with Crippen LogP contribution in [0.25, 0.3) is 0 Å². The molecule has 0 fully saturated rings. The molecule has 1 aliphatic heterocycles. The van der Waals surface area contributed by atoms with Crippen LogP contribution in [0, 0.1) is 0 Å². The van der Waals surface area contributed by atoms with E-state index in [2.05, 4.69) is 47.5 Å². The van der Waals surface area contributed by atoms with Gasteiger partial charge in [0.05, 0.1) is 0 Å². The lowest BCUT2D eigenvalue weighted by Crippen LogP contribution is -2.36. The third kappa shape index (κ3) is 4.83. The molecule has 2 amide bonds. The molecule has 0 spiro atoms. The molecule has 3 aromatic rings. The first-order chi connectivity index (χ1) is 15.5. The highest BCUT2D eigenvalue weighted by Crippen LogP contribution is 2.28. The van der Waals surface area contributed by atoms with Gasteiger partial charge >= 0.3 is 0 Å². The molecule has 4 rings (SSSR count). The Bertz CT molecular complexity index is 1090. The number of nitrogens with zero attached hydrogens (tertiary/aromatic N) is 2. The van der Waals surface area contributed by atoms with E-state index in [4.69, 9.17) is 0 Å². The minimum atomic E-state index is -0.103. The standard InChI is InChI=1S/C27H29N3O2/c1-3-29(18-21-8-5-4-6-9-21)24-14-12-23(13-15-24)27(32)30-17-16-22-10-7-11-26(25(22)19-30)28-20(2)31/h4-15H,3,16-19H2,1-2H3,(H,28,31). The highest BCUT2D eigenvalue weighted by Gasteiger charge is 2.24. The molecule has 0 saturated heterocycles. The van der Waals surface area contributed by atoms with Gasteiger partial charge in [-0.3, -0.25) is 9.59 Å². The maximum Gasteiger partial charge on any atom is 0.254 e. The molecule has 5 nitrogen and oxygen atoms in total. The number of hydrogen-bond donors (Lipinski definition) is 1. The quantitative estimate of drug-likeness (QED) is 0.611. The summed E-state index contributed by atoms with van der Waals surface area (Å²) in [5.74, 6) is -0.0839. The lowest BCUT2D eigenvalue weighted by molar-refractivity contribution is -0.114. The van der Waals surface area contributed by atoms with Gasteiger partial charge in [-0.2, -0.15) is 0 Å². The number of rotatable bonds is 6. The number of carbonyl (C=O) groups is 2.